The van der Waals surface area contributed by atoms with Crippen molar-refractivity contribution in [3.05, 3.63) is 391 Å². The molecule has 3 aliphatic rings. The Kier molecular flexibility index (Phi) is 12.8. The number of benzene rings is 14. The third kappa shape index (κ3) is 8.54. The van der Waals surface area contributed by atoms with Crippen molar-refractivity contribution in [2.75, 3.05) is 0 Å². The van der Waals surface area contributed by atoms with Crippen LogP contribution >= 0.6 is 0 Å². The van der Waals surface area contributed by atoms with Crippen molar-refractivity contribution in [1.82, 2.24) is 14.1 Å². The van der Waals surface area contributed by atoms with Gasteiger partial charge in [-0.25, -0.2) is 4.98 Å². The Morgan fingerprint density at radius 3 is 1.25 bits per heavy atom. The van der Waals surface area contributed by atoms with Crippen molar-refractivity contribution in [3.63, 3.8) is 0 Å². The molecule has 95 heavy (non-hydrogen) atoms. The lowest BCUT2D eigenvalue weighted by molar-refractivity contribution is 0.760. The van der Waals surface area contributed by atoms with Crippen LogP contribution < -0.4 is 20.7 Å². The minimum Gasteiger partial charge on any atom is -0.309 e. The first kappa shape index (κ1) is 54.8. The average molecular weight is 1220 g/mol. The Hall–Kier alpha value is -12.0. The fourth-order valence-corrected chi connectivity index (χ4v) is 21.8. The lowest BCUT2D eigenvalue weighted by Gasteiger charge is -2.47. The summed E-state index contributed by atoms with van der Waals surface area (Å²) in [6.07, 6.45) is 0. The van der Waals surface area contributed by atoms with E-state index >= 15 is 0 Å². The van der Waals surface area contributed by atoms with Gasteiger partial charge in [0.2, 0.25) is 0 Å². The molecule has 3 aliphatic carbocycles. The van der Waals surface area contributed by atoms with Crippen molar-refractivity contribution in [3.8, 4) is 67.3 Å². The van der Waals surface area contributed by atoms with E-state index in [1.165, 1.54) is 115 Å². The fraction of sp³-hybridized carbons (Fsp3) is 0.0220. The standard InChI is InChI=1S/C91H61N3Si/c1-4-27-60(28-5-1)63-32-23-37-68(56-63)95(67-35-8-3-9-36-67,69-38-24-33-64(57-69)61-29-6-2-7-30-61)86-54-26-49-80-88-77-45-12-13-46-78(77)91(90(80)86)89-76(47-25-48-79(88)89)70-39-10-11-40-71(70)81-58-65(59-87(92-81)94-84-52-20-16-43-74(84)75-44-17-21-53-85(75)94)62-31-22-34-66(55-62)93-82-50-18-14-41-72(82)73-42-15-19-51-83(73)93/h1-59,88,91H. The lowest BCUT2D eigenvalue weighted by Crippen LogP contribution is -2.75. The molecule has 2 bridgehead atoms. The van der Waals surface area contributed by atoms with E-state index in [0.717, 1.165) is 50.5 Å². The number of fused-ring (bicyclic) bond motifs is 6. The van der Waals surface area contributed by atoms with E-state index in [9.17, 15) is 0 Å². The molecule has 14 aromatic carbocycles. The molecule has 17 aromatic rings. The van der Waals surface area contributed by atoms with Crippen LogP contribution in [-0.2, 0) is 0 Å². The third-order valence-corrected chi connectivity index (χ3v) is 25.4. The minimum atomic E-state index is -3.32. The highest BCUT2D eigenvalue weighted by Gasteiger charge is 2.50. The molecule has 3 aromatic heterocycles. The first-order valence-electron chi connectivity index (χ1n) is 33.1. The molecular weight excluding hydrogens is 1160 g/mol. The number of hydrogen-bond acceptors (Lipinski definition) is 1. The quantitative estimate of drug-likeness (QED) is 0.0935. The van der Waals surface area contributed by atoms with Gasteiger partial charge in [0, 0.05) is 44.6 Å². The van der Waals surface area contributed by atoms with E-state index in [1.807, 2.05) is 0 Å². The summed E-state index contributed by atoms with van der Waals surface area (Å²) >= 11 is 0. The molecule has 0 amide bonds. The number of aromatic nitrogens is 3. The molecular formula is C91H61N3Si. The Balaban J connectivity index is 0.853. The summed E-state index contributed by atoms with van der Waals surface area (Å²) in [6.45, 7) is 0. The molecule has 0 saturated carbocycles. The molecule has 0 fully saturated rings. The van der Waals surface area contributed by atoms with Crippen molar-refractivity contribution >= 4 is 72.4 Å². The molecule has 0 saturated heterocycles. The van der Waals surface area contributed by atoms with Crippen LogP contribution in [0.2, 0.25) is 0 Å². The second-order valence-corrected chi connectivity index (χ2v) is 29.3. The highest BCUT2D eigenvalue weighted by Crippen LogP contribution is 2.58. The zero-order valence-corrected chi connectivity index (χ0v) is 53.1. The first-order valence-corrected chi connectivity index (χ1v) is 35.1. The van der Waals surface area contributed by atoms with Gasteiger partial charge in [-0.1, -0.05) is 309 Å². The van der Waals surface area contributed by atoms with Gasteiger partial charge >= 0.3 is 0 Å². The Bertz CT molecular complexity index is 5690. The number of rotatable bonds is 11. The smallest absolute Gasteiger partial charge is 0.179 e. The zero-order chi connectivity index (χ0) is 62.6. The molecule has 3 nitrogen and oxygen atoms in total. The van der Waals surface area contributed by atoms with E-state index in [1.54, 1.807) is 0 Å². The second-order valence-electron chi connectivity index (χ2n) is 25.6. The molecule has 444 valence electrons. The van der Waals surface area contributed by atoms with Gasteiger partial charge in [-0.15, -0.1) is 0 Å². The molecule has 2 atom stereocenters. The van der Waals surface area contributed by atoms with E-state index in [2.05, 4.69) is 367 Å². The Morgan fingerprint density at radius 2 is 0.663 bits per heavy atom. The summed E-state index contributed by atoms with van der Waals surface area (Å²) in [5.74, 6) is 0.749. The van der Waals surface area contributed by atoms with Crippen LogP contribution in [0.1, 0.15) is 45.2 Å². The molecule has 0 spiro atoms. The van der Waals surface area contributed by atoms with Crippen LogP contribution in [0, 0.1) is 0 Å². The molecule has 2 unspecified atom stereocenters. The van der Waals surface area contributed by atoms with Gasteiger partial charge in [0.25, 0.3) is 0 Å². The number of nitrogens with zero attached hydrogens (tertiary/aromatic N) is 3. The van der Waals surface area contributed by atoms with Crippen molar-refractivity contribution in [1.29, 1.82) is 0 Å². The van der Waals surface area contributed by atoms with Crippen LogP contribution in [0.5, 0.6) is 0 Å². The molecule has 4 heteroatoms. The monoisotopic (exact) mass is 1220 g/mol. The maximum atomic E-state index is 5.91. The van der Waals surface area contributed by atoms with E-state index in [4.69, 9.17) is 4.98 Å². The molecule has 20 rings (SSSR count). The number of hydrogen-bond donors (Lipinski definition) is 0. The van der Waals surface area contributed by atoms with E-state index in [0.29, 0.717) is 0 Å². The second kappa shape index (κ2) is 22.1. The summed E-state index contributed by atoms with van der Waals surface area (Å²) in [5.41, 5.74) is 25.4. The van der Waals surface area contributed by atoms with Crippen LogP contribution in [0.15, 0.2) is 358 Å². The van der Waals surface area contributed by atoms with Gasteiger partial charge in [0.15, 0.2) is 8.07 Å². The lowest BCUT2D eigenvalue weighted by atomic mass is 9.60. The highest BCUT2D eigenvalue weighted by molar-refractivity contribution is 7.20. The molecule has 0 radical (unpaired) electrons. The maximum Gasteiger partial charge on any atom is 0.179 e. The van der Waals surface area contributed by atoms with Crippen LogP contribution in [0.4, 0.5) is 0 Å². The van der Waals surface area contributed by atoms with Gasteiger partial charge in [0.1, 0.15) is 5.82 Å². The zero-order valence-electron chi connectivity index (χ0n) is 52.1. The van der Waals surface area contributed by atoms with Crippen LogP contribution in [0.3, 0.4) is 0 Å². The summed E-state index contributed by atoms with van der Waals surface area (Å²) in [4.78, 5) is 5.91. The van der Waals surface area contributed by atoms with Crippen LogP contribution in [0.25, 0.3) is 111 Å². The summed E-state index contributed by atoms with van der Waals surface area (Å²) in [6, 6.07) is 134. The Morgan fingerprint density at radius 1 is 0.253 bits per heavy atom. The van der Waals surface area contributed by atoms with Crippen molar-refractivity contribution in [2.24, 2.45) is 0 Å². The van der Waals surface area contributed by atoms with Crippen molar-refractivity contribution < 1.29 is 0 Å². The largest absolute Gasteiger partial charge is 0.309 e. The normalized spacial score (nSPS) is 13.9. The van der Waals surface area contributed by atoms with E-state index in [-0.39, 0.29) is 11.8 Å². The minimum absolute atomic E-state index is 0.00721. The van der Waals surface area contributed by atoms with Gasteiger partial charge in [0.05, 0.1) is 27.8 Å². The Labute approximate surface area is 553 Å². The highest BCUT2D eigenvalue weighted by atomic mass is 28.3. The summed E-state index contributed by atoms with van der Waals surface area (Å²) < 4.78 is 4.80. The van der Waals surface area contributed by atoms with Gasteiger partial charge in [-0.05, 0) is 147 Å². The van der Waals surface area contributed by atoms with Gasteiger partial charge in [-0.2, -0.15) is 0 Å². The van der Waals surface area contributed by atoms with E-state index < -0.39 is 8.07 Å². The molecule has 0 N–H and O–H groups in total. The third-order valence-electron chi connectivity index (χ3n) is 20.6. The van der Waals surface area contributed by atoms with Crippen molar-refractivity contribution in [2.45, 2.75) is 11.8 Å². The summed E-state index contributed by atoms with van der Waals surface area (Å²) in [5, 5.41) is 10.3. The maximum absolute atomic E-state index is 5.91. The predicted octanol–water partition coefficient (Wildman–Crippen LogP) is 20.0. The SMILES string of the molecule is c1ccc(-c2cccc([Si](c3ccccc3)(c3cccc(-c4ccccc4)c3)c3cccc4c3C3c5ccccc5C4c4cccc(-c5ccccc5-c5cc(-c6cccc(-n7c8ccccc8c8ccccc87)c6)cc(-n6c7ccccc7c7ccccc76)n5)c43)c2)cc1. The fourth-order valence-electron chi connectivity index (χ4n) is 16.7. The molecule has 3 heterocycles. The topological polar surface area (TPSA) is 22.8 Å². The molecule has 0 aliphatic heterocycles. The predicted molar refractivity (Wildman–Crippen MR) is 398 cm³/mol. The van der Waals surface area contributed by atoms with Gasteiger partial charge in [-0.3, -0.25) is 4.57 Å². The number of para-hydroxylation sites is 4. The average Bonchev–Trinajstić information content (AvgIpc) is 1.40. The first-order chi connectivity index (χ1) is 47.2. The summed E-state index contributed by atoms with van der Waals surface area (Å²) in [7, 11) is -3.32. The number of pyridine rings is 1. The van der Waals surface area contributed by atoms with Gasteiger partial charge < -0.3 is 4.57 Å². The van der Waals surface area contributed by atoms with Crippen LogP contribution in [-0.4, -0.2) is 22.2 Å².